The number of rotatable bonds is 10. The maximum absolute atomic E-state index is 13.2. The van der Waals surface area contributed by atoms with Crippen LogP contribution in [0.3, 0.4) is 0 Å². The van der Waals surface area contributed by atoms with Crippen LogP contribution >= 0.6 is 0 Å². The van der Waals surface area contributed by atoms with Crippen LogP contribution in [0.25, 0.3) is 0 Å². The van der Waals surface area contributed by atoms with Crippen LogP contribution in [0.4, 0.5) is 0 Å². The van der Waals surface area contributed by atoms with Crippen molar-refractivity contribution in [2.75, 3.05) is 14.2 Å². The first-order chi connectivity index (χ1) is 16.0. The van der Waals surface area contributed by atoms with Crippen molar-refractivity contribution in [2.24, 2.45) is 5.92 Å². The van der Waals surface area contributed by atoms with Crippen molar-refractivity contribution in [1.29, 1.82) is 0 Å². The molecule has 3 rings (SSSR count). The topological polar surface area (TPSA) is 100 Å². The molecule has 1 atom stereocenters. The lowest BCUT2D eigenvalue weighted by Crippen LogP contribution is -2.41. The van der Waals surface area contributed by atoms with E-state index in [1.165, 1.54) is 38.5 Å². The van der Waals surface area contributed by atoms with Crippen molar-refractivity contribution >= 4 is 18.3 Å². The van der Waals surface area contributed by atoms with Crippen LogP contribution in [-0.2, 0) is 14.4 Å². The normalized spacial score (nSPS) is 11.2. The number of hydrogen-bond donors (Lipinski definition) is 1. The van der Waals surface area contributed by atoms with Gasteiger partial charge in [0.2, 0.25) is 6.41 Å². The van der Waals surface area contributed by atoms with Gasteiger partial charge in [-0.2, -0.15) is 0 Å². The zero-order valence-electron chi connectivity index (χ0n) is 18.1. The first kappa shape index (κ1) is 23.3. The lowest BCUT2D eigenvalue weighted by molar-refractivity contribution is -0.152. The number of nitrogens with one attached hydrogen (secondary N) is 1. The minimum absolute atomic E-state index is 0.209. The molecule has 0 unspecified atom stereocenters. The number of carbonyl (C=O) groups is 3. The van der Waals surface area contributed by atoms with Gasteiger partial charge < -0.3 is 24.3 Å². The lowest BCUT2D eigenvalue weighted by Gasteiger charge is -2.24. The number of ether oxygens (including phenoxy) is 4. The van der Waals surface area contributed by atoms with E-state index >= 15 is 0 Å². The molecule has 0 aliphatic heterocycles. The summed E-state index contributed by atoms with van der Waals surface area (Å²) in [5.74, 6) is -1.68. The number of amides is 1. The minimum Gasteiger partial charge on any atom is -0.497 e. The monoisotopic (exact) mass is 449 g/mol. The van der Waals surface area contributed by atoms with E-state index in [0.29, 0.717) is 23.5 Å². The second-order valence-corrected chi connectivity index (χ2v) is 6.84. The van der Waals surface area contributed by atoms with E-state index in [-0.39, 0.29) is 11.5 Å². The fourth-order valence-electron chi connectivity index (χ4n) is 3.13. The first-order valence-corrected chi connectivity index (χ1v) is 10.0. The average molecular weight is 449 g/mol. The summed E-state index contributed by atoms with van der Waals surface area (Å²) in [5.41, 5.74) is 0.535. The Labute approximate surface area is 191 Å². The molecule has 0 saturated heterocycles. The molecule has 0 bridgehead atoms. The summed E-state index contributed by atoms with van der Waals surface area (Å²) in [4.78, 5) is 37.7. The van der Waals surface area contributed by atoms with Gasteiger partial charge in [0.25, 0.3) is 0 Å². The Morgan fingerprint density at radius 1 is 0.697 bits per heavy atom. The van der Waals surface area contributed by atoms with E-state index in [4.69, 9.17) is 18.9 Å². The second-order valence-electron chi connectivity index (χ2n) is 6.84. The van der Waals surface area contributed by atoms with Gasteiger partial charge >= 0.3 is 11.9 Å². The highest BCUT2D eigenvalue weighted by Gasteiger charge is 2.39. The largest absolute Gasteiger partial charge is 0.497 e. The standard InChI is InChI=1S/C25H23NO7/c1-30-18-8-12-20(13-9-18)32-24(28)22(23(26-16-27)17-6-4-3-5-7-17)25(29)33-21-14-10-19(31-2)11-15-21/h3-16,22-23H,1-2H3,(H,26,27)/t23-/m1/s1. The summed E-state index contributed by atoms with van der Waals surface area (Å²) in [7, 11) is 3.03. The quantitative estimate of drug-likeness (QED) is 0.219. The van der Waals surface area contributed by atoms with Gasteiger partial charge in [-0.1, -0.05) is 30.3 Å². The highest BCUT2D eigenvalue weighted by Crippen LogP contribution is 2.28. The van der Waals surface area contributed by atoms with Gasteiger partial charge in [-0.3, -0.25) is 14.4 Å². The predicted molar refractivity (Wildman–Crippen MR) is 119 cm³/mol. The fourth-order valence-corrected chi connectivity index (χ4v) is 3.13. The first-order valence-electron chi connectivity index (χ1n) is 10.0. The summed E-state index contributed by atoms with van der Waals surface area (Å²) in [5, 5.41) is 2.55. The molecule has 0 saturated carbocycles. The maximum atomic E-state index is 13.2. The van der Waals surface area contributed by atoms with E-state index in [9.17, 15) is 14.4 Å². The van der Waals surface area contributed by atoms with Crippen molar-refractivity contribution < 1.29 is 33.3 Å². The molecule has 3 aromatic rings. The summed E-state index contributed by atoms with van der Waals surface area (Å²) in [6.45, 7) is 0. The molecule has 1 N–H and O–H groups in total. The number of carbonyl (C=O) groups excluding carboxylic acids is 3. The van der Waals surface area contributed by atoms with Gasteiger partial charge in [-0.05, 0) is 54.1 Å². The van der Waals surface area contributed by atoms with Crippen LogP contribution in [0.1, 0.15) is 11.6 Å². The van der Waals surface area contributed by atoms with Crippen molar-refractivity contribution in [2.45, 2.75) is 6.04 Å². The van der Waals surface area contributed by atoms with Gasteiger partial charge in [0.05, 0.1) is 20.3 Å². The molecule has 0 fully saturated rings. The summed E-state index contributed by atoms with van der Waals surface area (Å²) in [6.07, 6.45) is 0.423. The molecule has 3 aromatic carbocycles. The average Bonchev–Trinajstić information content (AvgIpc) is 2.85. The summed E-state index contributed by atoms with van der Waals surface area (Å²) in [6, 6.07) is 20.2. The number of benzene rings is 3. The zero-order chi connectivity index (χ0) is 23.6. The number of methoxy groups -OCH3 is 2. The third-order valence-electron chi connectivity index (χ3n) is 4.80. The third kappa shape index (κ3) is 6.10. The van der Waals surface area contributed by atoms with Gasteiger partial charge in [0.1, 0.15) is 23.0 Å². The van der Waals surface area contributed by atoms with Crippen molar-refractivity contribution in [3.05, 3.63) is 84.4 Å². The van der Waals surface area contributed by atoms with E-state index in [1.807, 2.05) is 0 Å². The highest BCUT2D eigenvalue weighted by atomic mass is 16.6. The summed E-state index contributed by atoms with van der Waals surface area (Å²) < 4.78 is 21.1. The molecule has 1 amide bonds. The van der Waals surface area contributed by atoms with Gasteiger partial charge in [0, 0.05) is 0 Å². The van der Waals surface area contributed by atoms with Crippen LogP contribution in [0.15, 0.2) is 78.9 Å². The lowest BCUT2D eigenvalue weighted by atomic mass is 9.93. The molecule has 0 radical (unpaired) electrons. The summed E-state index contributed by atoms with van der Waals surface area (Å²) >= 11 is 0. The molecule has 170 valence electrons. The molecule has 8 nitrogen and oxygen atoms in total. The number of esters is 2. The van der Waals surface area contributed by atoms with E-state index in [1.54, 1.807) is 54.6 Å². The van der Waals surface area contributed by atoms with Gasteiger partial charge in [-0.25, -0.2) is 0 Å². The molecule has 0 spiro atoms. The van der Waals surface area contributed by atoms with Crippen LogP contribution in [0.2, 0.25) is 0 Å². The molecule has 33 heavy (non-hydrogen) atoms. The molecular formula is C25H23NO7. The molecule has 0 aliphatic rings. The molecule has 0 aliphatic carbocycles. The van der Waals surface area contributed by atoms with E-state index in [0.717, 1.165) is 0 Å². The Balaban J connectivity index is 1.91. The highest BCUT2D eigenvalue weighted by molar-refractivity contribution is 5.98. The maximum Gasteiger partial charge on any atom is 0.328 e. The van der Waals surface area contributed by atoms with Crippen molar-refractivity contribution in [1.82, 2.24) is 5.32 Å². The van der Waals surface area contributed by atoms with Crippen LogP contribution in [0.5, 0.6) is 23.0 Å². The van der Waals surface area contributed by atoms with Crippen molar-refractivity contribution in [3.63, 3.8) is 0 Å². The van der Waals surface area contributed by atoms with E-state index in [2.05, 4.69) is 5.32 Å². The second kappa shape index (κ2) is 11.3. The Morgan fingerprint density at radius 3 is 1.52 bits per heavy atom. The Hall–Kier alpha value is -4.33. The molecule has 8 heteroatoms. The van der Waals surface area contributed by atoms with Crippen LogP contribution in [-0.4, -0.2) is 32.6 Å². The zero-order valence-corrected chi connectivity index (χ0v) is 18.1. The van der Waals surface area contributed by atoms with Crippen LogP contribution < -0.4 is 24.3 Å². The molecule has 0 aromatic heterocycles. The molecule has 0 heterocycles. The van der Waals surface area contributed by atoms with Crippen molar-refractivity contribution in [3.8, 4) is 23.0 Å². The third-order valence-corrected chi connectivity index (χ3v) is 4.80. The van der Waals surface area contributed by atoms with Gasteiger partial charge in [0.15, 0.2) is 5.92 Å². The van der Waals surface area contributed by atoms with E-state index < -0.39 is 23.9 Å². The Morgan fingerprint density at radius 2 is 1.12 bits per heavy atom. The SMILES string of the molecule is COc1ccc(OC(=O)C(C(=O)Oc2ccc(OC)cc2)[C@H](NC=O)c2ccccc2)cc1. The minimum atomic E-state index is -1.48. The smallest absolute Gasteiger partial charge is 0.328 e. The van der Waals surface area contributed by atoms with Crippen LogP contribution in [0, 0.1) is 5.92 Å². The fraction of sp³-hybridized carbons (Fsp3) is 0.160. The Bertz CT molecular complexity index is 1000. The predicted octanol–water partition coefficient (Wildman–Crippen LogP) is 3.32. The molecular weight excluding hydrogens is 426 g/mol. The number of hydrogen-bond acceptors (Lipinski definition) is 7. The van der Waals surface area contributed by atoms with Gasteiger partial charge in [-0.15, -0.1) is 0 Å². The Kier molecular flexibility index (Phi) is 8.02.